The summed E-state index contributed by atoms with van der Waals surface area (Å²) in [5, 5.41) is 0. The lowest BCUT2D eigenvalue weighted by molar-refractivity contribution is 0.0978. The summed E-state index contributed by atoms with van der Waals surface area (Å²) in [7, 11) is 0.222. The molecule has 0 saturated heterocycles. The van der Waals surface area contributed by atoms with Crippen LogP contribution in [0.15, 0.2) is 29.2 Å². The first-order valence-electron chi connectivity index (χ1n) is 5.65. The largest absolute Gasteiger partial charge is 0.513 e. The highest BCUT2D eigenvalue weighted by molar-refractivity contribution is 7.95. The molecule has 17 heavy (non-hydrogen) atoms. The van der Waals surface area contributed by atoms with Gasteiger partial charge in [0, 0.05) is 10.9 Å². The molecule has 0 atom stereocenters. The van der Waals surface area contributed by atoms with Crippen LogP contribution in [-0.2, 0) is 15.6 Å². The number of carbonyl (C=O) groups excluding carboxylic acids is 1. The second-order valence-corrected chi connectivity index (χ2v) is 5.95. The summed E-state index contributed by atoms with van der Waals surface area (Å²) in [6.07, 6.45) is 5.53. The van der Waals surface area contributed by atoms with Crippen LogP contribution in [0, 0.1) is 0 Å². The van der Waals surface area contributed by atoms with E-state index >= 15 is 0 Å². The fourth-order valence-electron chi connectivity index (χ4n) is 1.21. The van der Waals surface area contributed by atoms with Crippen LogP contribution in [0.1, 0.15) is 19.8 Å². The molecule has 3 nitrogen and oxygen atoms in total. The van der Waals surface area contributed by atoms with Gasteiger partial charge in [-0.3, -0.25) is 0 Å². The standard InChI is InChI=1S/C13H19O3S/c1-4-5-10-15-13(14)16-11-6-8-12(9-7-11)17(2)3/h6-9H,4-5,10H2,1-3H3/q+1. The monoisotopic (exact) mass is 255 g/mol. The Balaban J connectivity index is 2.43. The van der Waals surface area contributed by atoms with Gasteiger partial charge in [-0.15, -0.1) is 0 Å². The van der Waals surface area contributed by atoms with Crippen LogP contribution in [0.3, 0.4) is 0 Å². The molecule has 0 N–H and O–H groups in total. The van der Waals surface area contributed by atoms with Crippen molar-refractivity contribution in [1.82, 2.24) is 0 Å². The van der Waals surface area contributed by atoms with Crippen LogP contribution in [0.25, 0.3) is 0 Å². The van der Waals surface area contributed by atoms with Crippen LogP contribution in [0.4, 0.5) is 4.79 Å². The second kappa shape index (κ2) is 7.22. The number of benzene rings is 1. The first-order valence-corrected chi connectivity index (χ1v) is 7.70. The Kier molecular flexibility index (Phi) is 5.91. The molecule has 0 spiro atoms. The van der Waals surface area contributed by atoms with Gasteiger partial charge in [0.2, 0.25) is 0 Å². The highest BCUT2D eigenvalue weighted by atomic mass is 32.2. The molecular formula is C13H19O3S+. The molecule has 0 heterocycles. The third-order valence-corrected chi connectivity index (χ3v) is 3.43. The molecule has 1 aromatic carbocycles. The van der Waals surface area contributed by atoms with Gasteiger partial charge in [-0.1, -0.05) is 13.3 Å². The Labute approximate surface area is 105 Å². The zero-order valence-electron chi connectivity index (χ0n) is 10.6. The molecule has 0 bridgehead atoms. The zero-order valence-corrected chi connectivity index (χ0v) is 11.4. The van der Waals surface area contributed by atoms with Crippen LogP contribution >= 0.6 is 0 Å². The molecule has 94 valence electrons. The van der Waals surface area contributed by atoms with Gasteiger partial charge in [0.15, 0.2) is 4.90 Å². The van der Waals surface area contributed by atoms with Crippen LogP contribution < -0.4 is 4.74 Å². The van der Waals surface area contributed by atoms with E-state index in [0.717, 1.165) is 12.8 Å². The van der Waals surface area contributed by atoms with Gasteiger partial charge >= 0.3 is 6.16 Å². The van der Waals surface area contributed by atoms with Crippen molar-refractivity contribution in [3.63, 3.8) is 0 Å². The predicted octanol–water partition coefficient (Wildman–Crippen LogP) is 3.24. The number of hydrogen-bond acceptors (Lipinski definition) is 3. The number of hydrogen-bond donors (Lipinski definition) is 0. The van der Waals surface area contributed by atoms with E-state index in [9.17, 15) is 4.79 Å². The summed E-state index contributed by atoms with van der Waals surface area (Å²) in [4.78, 5) is 12.5. The lowest BCUT2D eigenvalue weighted by Crippen LogP contribution is -2.11. The van der Waals surface area contributed by atoms with E-state index in [1.165, 1.54) is 4.90 Å². The van der Waals surface area contributed by atoms with Gasteiger partial charge in [0.1, 0.15) is 18.3 Å². The minimum Gasteiger partial charge on any atom is -0.434 e. The SMILES string of the molecule is CCCCOC(=O)Oc1ccc([S+](C)C)cc1. The fraction of sp³-hybridized carbons (Fsp3) is 0.462. The van der Waals surface area contributed by atoms with E-state index in [2.05, 4.69) is 12.5 Å². The summed E-state index contributed by atoms with van der Waals surface area (Å²) < 4.78 is 9.94. The average Bonchev–Trinajstić information content (AvgIpc) is 2.30. The third-order valence-electron chi connectivity index (χ3n) is 2.21. The van der Waals surface area contributed by atoms with Crippen LogP contribution in [0.2, 0.25) is 0 Å². The molecule has 1 aromatic rings. The Morgan fingerprint density at radius 3 is 2.41 bits per heavy atom. The Bertz CT molecular complexity index is 346. The number of carbonyl (C=O) groups is 1. The molecule has 0 aliphatic heterocycles. The highest BCUT2D eigenvalue weighted by Crippen LogP contribution is 2.16. The molecule has 4 heteroatoms. The van der Waals surface area contributed by atoms with Crippen molar-refractivity contribution in [3.8, 4) is 5.75 Å². The van der Waals surface area contributed by atoms with E-state index in [4.69, 9.17) is 9.47 Å². The number of unbranched alkanes of at least 4 members (excludes halogenated alkanes) is 1. The molecule has 0 radical (unpaired) electrons. The fourth-order valence-corrected chi connectivity index (χ4v) is 1.89. The Hall–Kier alpha value is -1.16. The van der Waals surface area contributed by atoms with Crippen molar-refractivity contribution < 1.29 is 14.3 Å². The van der Waals surface area contributed by atoms with E-state index in [1.54, 1.807) is 12.1 Å². The Morgan fingerprint density at radius 2 is 1.88 bits per heavy atom. The van der Waals surface area contributed by atoms with Crippen molar-refractivity contribution in [2.75, 3.05) is 19.1 Å². The summed E-state index contributed by atoms with van der Waals surface area (Å²) in [5.41, 5.74) is 0. The van der Waals surface area contributed by atoms with Crippen molar-refractivity contribution in [2.24, 2.45) is 0 Å². The first kappa shape index (κ1) is 13.9. The Morgan fingerprint density at radius 1 is 1.24 bits per heavy atom. The van der Waals surface area contributed by atoms with E-state index in [-0.39, 0.29) is 10.9 Å². The number of rotatable bonds is 5. The zero-order chi connectivity index (χ0) is 12.7. The average molecular weight is 255 g/mol. The number of ether oxygens (including phenoxy) is 2. The van der Waals surface area contributed by atoms with Gasteiger partial charge in [-0.2, -0.15) is 0 Å². The quantitative estimate of drug-likeness (QED) is 0.351. The molecule has 0 aliphatic carbocycles. The molecule has 0 amide bonds. The van der Waals surface area contributed by atoms with Gasteiger partial charge in [0.05, 0.1) is 6.61 Å². The smallest absolute Gasteiger partial charge is 0.434 e. The van der Waals surface area contributed by atoms with Gasteiger partial charge in [-0.05, 0) is 30.7 Å². The van der Waals surface area contributed by atoms with E-state index < -0.39 is 6.16 Å². The maximum atomic E-state index is 11.3. The summed E-state index contributed by atoms with van der Waals surface area (Å²) in [6, 6.07) is 7.53. The summed E-state index contributed by atoms with van der Waals surface area (Å²) >= 11 is 0. The maximum Gasteiger partial charge on any atom is 0.513 e. The minimum atomic E-state index is -0.627. The topological polar surface area (TPSA) is 35.5 Å². The lowest BCUT2D eigenvalue weighted by atomic mass is 10.3. The molecule has 1 rings (SSSR count). The molecular weight excluding hydrogens is 236 g/mol. The van der Waals surface area contributed by atoms with Gasteiger partial charge in [0.25, 0.3) is 0 Å². The maximum absolute atomic E-state index is 11.3. The minimum absolute atomic E-state index is 0.222. The first-order chi connectivity index (χ1) is 8.13. The van der Waals surface area contributed by atoms with Crippen molar-refractivity contribution >= 4 is 17.1 Å². The predicted molar refractivity (Wildman–Crippen MR) is 70.8 cm³/mol. The molecule has 0 saturated carbocycles. The van der Waals surface area contributed by atoms with Crippen LogP contribution in [0.5, 0.6) is 5.75 Å². The van der Waals surface area contributed by atoms with Crippen LogP contribution in [-0.4, -0.2) is 25.3 Å². The van der Waals surface area contributed by atoms with Crippen molar-refractivity contribution in [1.29, 1.82) is 0 Å². The van der Waals surface area contributed by atoms with Gasteiger partial charge in [-0.25, -0.2) is 4.79 Å². The highest BCUT2D eigenvalue weighted by Gasteiger charge is 2.10. The lowest BCUT2D eigenvalue weighted by Gasteiger charge is -2.05. The third kappa shape index (κ3) is 5.13. The molecule has 0 aromatic heterocycles. The normalized spacial score (nSPS) is 10.4. The molecule has 0 unspecified atom stereocenters. The molecule has 0 fully saturated rings. The summed E-state index contributed by atoms with van der Waals surface area (Å²) in [5.74, 6) is 0.528. The van der Waals surface area contributed by atoms with Gasteiger partial charge < -0.3 is 9.47 Å². The molecule has 0 aliphatic rings. The van der Waals surface area contributed by atoms with E-state index in [1.807, 2.05) is 19.1 Å². The second-order valence-electron chi connectivity index (χ2n) is 3.84. The van der Waals surface area contributed by atoms with Crippen molar-refractivity contribution in [3.05, 3.63) is 24.3 Å². The summed E-state index contributed by atoms with van der Waals surface area (Å²) in [6.45, 7) is 2.46. The van der Waals surface area contributed by atoms with E-state index in [0.29, 0.717) is 12.4 Å². The van der Waals surface area contributed by atoms with Crippen molar-refractivity contribution in [2.45, 2.75) is 24.7 Å².